The summed E-state index contributed by atoms with van der Waals surface area (Å²) in [4.78, 5) is 45.5. The third kappa shape index (κ3) is 4.30. The van der Waals surface area contributed by atoms with Gasteiger partial charge in [-0.05, 0) is 84.3 Å². The summed E-state index contributed by atoms with van der Waals surface area (Å²) in [5.74, 6) is -1.51. The molecule has 3 aromatic carbocycles. The summed E-state index contributed by atoms with van der Waals surface area (Å²) < 4.78 is 20.0. The van der Waals surface area contributed by atoms with Gasteiger partial charge in [-0.15, -0.1) is 11.8 Å². The van der Waals surface area contributed by atoms with Crippen molar-refractivity contribution in [2.75, 3.05) is 4.90 Å². The maximum Gasteiger partial charge on any atom is 0.305 e. The highest BCUT2D eigenvalue weighted by Gasteiger charge is 2.69. The number of anilines is 1. The van der Waals surface area contributed by atoms with Crippen molar-refractivity contribution in [3.05, 3.63) is 108 Å². The Morgan fingerprint density at radius 1 is 0.907 bits per heavy atom. The zero-order valence-electron chi connectivity index (χ0n) is 22.3. The van der Waals surface area contributed by atoms with E-state index >= 15 is 0 Å². The number of nitrogens with one attached hydrogen (secondary N) is 1. The maximum atomic E-state index is 13.9. The number of thioether (sulfide) groups is 1. The number of H-pyrrole nitrogens is 1. The predicted molar refractivity (Wildman–Crippen MR) is 165 cm³/mol. The molecule has 2 bridgehead atoms. The molecular weight excluding hydrogens is 630 g/mol. The second-order valence-electron chi connectivity index (χ2n) is 11.5. The maximum absolute atomic E-state index is 13.9. The first-order valence-electron chi connectivity index (χ1n) is 14.0. The monoisotopic (exact) mass is 652 g/mol. The number of fused-ring (bicyclic) bond motifs is 9. The molecule has 4 aliphatic rings. The molecule has 1 N–H and O–H groups in total. The van der Waals surface area contributed by atoms with Crippen LogP contribution in [0.1, 0.15) is 28.3 Å². The van der Waals surface area contributed by atoms with Crippen LogP contribution in [-0.4, -0.2) is 22.0 Å². The molecule has 0 spiro atoms. The average Bonchev–Trinajstić information content (AvgIpc) is 3.73. The first-order chi connectivity index (χ1) is 20.8. The predicted octanol–water partition coefficient (Wildman–Crippen LogP) is 7.14. The smallest absolute Gasteiger partial charge is 0.305 e. The van der Waals surface area contributed by atoms with Crippen molar-refractivity contribution in [1.29, 1.82) is 0 Å². The molecule has 1 aromatic heterocycles. The van der Waals surface area contributed by atoms with Gasteiger partial charge in [-0.3, -0.25) is 19.3 Å². The second-order valence-corrected chi connectivity index (χ2v) is 14.6. The number of thiazole rings is 1. The molecule has 0 unspecified atom stereocenters. The van der Waals surface area contributed by atoms with Gasteiger partial charge in [-0.25, -0.2) is 4.39 Å². The lowest BCUT2D eigenvalue weighted by Crippen LogP contribution is -2.42. The van der Waals surface area contributed by atoms with E-state index < -0.39 is 17.7 Å². The molecule has 3 fully saturated rings. The van der Waals surface area contributed by atoms with Gasteiger partial charge in [-0.2, -0.15) is 0 Å². The Hall–Kier alpha value is -3.11. The normalized spacial score (nSPS) is 28.6. The fraction of sp³-hybridized carbons (Fsp3) is 0.281. The first kappa shape index (κ1) is 27.4. The van der Waals surface area contributed by atoms with E-state index in [-0.39, 0.29) is 45.6 Å². The van der Waals surface area contributed by atoms with Crippen molar-refractivity contribution in [1.82, 2.24) is 4.98 Å². The molecule has 7 atom stereocenters. The van der Waals surface area contributed by atoms with Crippen LogP contribution in [0.5, 0.6) is 5.75 Å². The van der Waals surface area contributed by atoms with Crippen LogP contribution < -0.4 is 14.5 Å². The van der Waals surface area contributed by atoms with Crippen molar-refractivity contribution in [2.45, 2.75) is 29.2 Å². The van der Waals surface area contributed by atoms with Gasteiger partial charge in [-0.1, -0.05) is 46.7 Å². The lowest BCUT2D eigenvalue weighted by atomic mass is 9.68. The number of imide groups is 1. The fourth-order valence-electron chi connectivity index (χ4n) is 7.85. The van der Waals surface area contributed by atoms with E-state index in [0.717, 1.165) is 27.5 Å². The SMILES string of the molecule is O=C1[C@H]2[C@H]3C[C@@H]([C@@H]2C(=O)N1c1ccc(F)cc1)[C@H]1[C@H](c2cc(Cl)ccc2OCc2ccc(Cl)cc2)c2sc(=O)[nH]c2S[C@H]31. The summed E-state index contributed by atoms with van der Waals surface area (Å²) in [5.41, 5.74) is 2.21. The summed E-state index contributed by atoms with van der Waals surface area (Å²) >= 11 is 15.4. The van der Waals surface area contributed by atoms with Gasteiger partial charge in [0, 0.05) is 31.7 Å². The number of ether oxygens (including phenoxy) is 1. The number of carbonyl (C=O) groups is 2. The number of nitrogens with zero attached hydrogens (tertiary/aromatic N) is 1. The van der Waals surface area contributed by atoms with Crippen molar-refractivity contribution >= 4 is 63.8 Å². The van der Waals surface area contributed by atoms with Gasteiger partial charge in [0.25, 0.3) is 0 Å². The van der Waals surface area contributed by atoms with Crippen LogP contribution in [0.25, 0.3) is 0 Å². The molecule has 2 saturated carbocycles. The van der Waals surface area contributed by atoms with Crippen LogP contribution in [-0.2, 0) is 16.2 Å². The number of aromatic nitrogens is 1. The molecule has 6 nitrogen and oxygen atoms in total. The van der Waals surface area contributed by atoms with Crippen LogP contribution in [0.4, 0.5) is 10.1 Å². The summed E-state index contributed by atoms with van der Waals surface area (Å²) in [6.45, 7) is 0.313. The number of amides is 2. The molecule has 2 amide bonds. The van der Waals surface area contributed by atoms with E-state index in [9.17, 15) is 18.8 Å². The van der Waals surface area contributed by atoms with E-state index in [1.54, 1.807) is 17.8 Å². The lowest BCUT2D eigenvalue weighted by molar-refractivity contribution is -0.123. The molecule has 1 saturated heterocycles. The van der Waals surface area contributed by atoms with Crippen LogP contribution in [0.15, 0.2) is 76.6 Å². The lowest BCUT2D eigenvalue weighted by Gasteiger charge is -2.43. The summed E-state index contributed by atoms with van der Waals surface area (Å²) in [7, 11) is 0. The van der Waals surface area contributed by atoms with Crippen LogP contribution in [0.3, 0.4) is 0 Å². The highest BCUT2D eigenvalue weighted by Crippen LogP contribution is 2.69. The number of hydrogen-bond donors (Lipinski definition) is 1. The third-order valence-electron chi connectivity index (χ3n) is 9.42. The zero-order chi connectivity index (χ0) is 29.6. The van der Waals surface area contributed by atoms with Gasteiger partial charge >= 0.3 is 4.87 Å². The number of rotatable bonds is 5. The van der Waals surface area contributed by atoms with Gasteiger partial charge in [0.05, 0.1) is 22.5 Å². The summed E-state index contributed by atoms with van der Waals surface area (Å²) in [6.07, 6.45) is 0.754. The van der Waals surface area contributed by atoms with E-state index in [2.05, 4.69) is 4.98 Å². The first-order valence-corrected chi connectivity index (χ1v) is 16.4. The summed E-state index contributed by atoms with van der Waals surface area (Å²) in [5, 5.41) is 2.01. The van der Waals surface area contributed by atoms with E-state index in [1.807, 2.05) is 36.4 Å². The molecule has 4 aromatic rings. The number of carbonyl (C=O) groups excluding carboxylic acids is 2. The Labute approximate surface area is 264 Å². The molecule has 43 heavy (non-hydrogen) atoms. The van der Waals surface area contributed by atoms with E-state index in [4.69, 9.17) is 27.9 Å². The highest BCUT2D eigenvalue weighted by atomic mass is 35.5. The van der Waals surface area contributed by atoms with Crippen LogP contribution in [0, 0.1) is 35.4 Å². The van der Waals surface area contributed by atoms with Crippen LogP contribution in [0.2, 0.25) is 10.0 Å². The number of halogens is 3. The van der Waals surface area contributed by atoms with Crippen molar-refractivity contribution in [2.24, 2.45) is 29.6 Å². The standard InChI is InChI=1S/C32H23Cl2FN2O4S2/c33-15-3-1-14(2-4-15)13-41-22-10-5-16(34)11-19(22)23-24-20-12-21(27(24)42-29-28(23)43-32(40)36-29)26-25(20)30(38)37(31(26)39)18-8-6-17(35)7-9-18/h1-11,20-21,23-27H,12-13H2,(H,36,40)/t20-,21-,23+,24+,25+,26+,27-/m1/s1. The highest BCUT2D eigenvalue weighted by molar-refractivity contribution is 8.00. The van der Waals surface area contributed by atoms with Gasteiger partial charge in [0.15, 0.2) is 0 Å². The number of benzene rings is 3. The van der Waals surface area contributed by atoms with Crippen molar-refractivity contribution < 1.29 is 18.7 Å². The fourth-order valence-corrected chi connectivity index (χ4v) is 11.0. The number of aromatic amines is 1. The Balaban J connectivity index is 1.20. The Kier molecular flexibility index (Phi) is 6.53. The minimum Gasteiger partial charge on any atom is -0.489 e. The Bertz CT molecular complexity index is 1840. The van der Waals surface area contributed by atoms with Crippen molar-refractivity contribution in [3.63, 3.8) is 0 Å². The van der Waals surface area contributed by atoms with Gasteiger partial charge in [0.2, 0.25) is 11.8 Å². The van der Waals surface area contributed by atoms with E-state index in [1.165, 1.54) is 40.5 Å². The molecule has 8 rings (SSSR count). The van der Waals surface area contributed by atoms with E-state index in [0.29, 0.717) is 28.1 Å². The van der Waals surface area contributed by atoms with Crippen LogP contribution >= 0.6 is 46.3 Å². The zero-order valence-corrected chi connectivity index (χ0v) is 25.5. The largest absolute Gasteiger partial charge is 0.489 e. The van der Waals surface area contributed by atoms with Gasteiger partial charge in [0.1, 0.15) is 18.2 Å². The molecule has 2 aliphatic heterocycles. The molecular formula is C32H23Cl2FN2O4S2. The Morgan fingerprint density at radius 2 is 1.60 bits per heavy atom. The molecule has 218 valence electrons. The molecule has 0 radical (unpaired) electrons. The number of hydrogen-bond acceptors (Lipinski definition) is 6. The quantitative estimate of drug-likeness (QED) is 0.232. The minimum absolute atomic E-state index is 0.0158. The van der Waals surface area contributed by atoms with Gasteiger partial charge < -0.3 is 9.72 Å². The topological polar surface area (TPSA) is 79.5 Å². The average molecular weight is 654 g/mol. The molecule has 3 heterocycles. The molecule has 2 aliphatic carbocycles. The summed E-state index contributed by atoms with van der Waals surface area (Å²) in [6, 6.07) is 18.5. The van der Waals surface area contributed by atoms with Crippen molar-refractivity contribution in [3.8, 4) is 5.75 Å². The minimum atomic E-state index is -0.471. The Morgan fingerprint density at radius 3 is 2.35 bits per heavy atom. The third-order valence-corrected chi connectivity index (χ3v) is 12.5. The molecule has 11 heteroatoms. The second kappa shape index (κ2) is 10.2.